The van der Waals surface area contributed by atoms with Crippen LogP contribution in [0.2, 0.25) is 0 Å². The molecule has 1 saturated heterocycles. The van der Waals surface area contributed by atoms with Crippen molar-refractivity contribution < 1.29 is 4.52 Å². The van der Waals surface area contributed by atoms with Crippen LogP contribution < -0.4 is 4.90 Å². The van der Waals surface area contributed by atoms with Gasteiger partial charge in [-0.2, -0.15) is 4.98 Å². The molecule has 2 aromatic carbocycles. The van der Waals surface area contributed by atoms with Gasteiger partial charge in [0.2, 0.25) is 5.82 Å². The lowest BCUT2D eigenvalue weighted by atomic mass is 10.2. The van der Waals surface area contributed by atoms with Gasteiger partial charge < -0.3 is 9.42 Å². The van der Waals surface area contributed by atoms with Crippen LogP contribution in [-0.4, -0.2) is 41.2 Å². The van der Waals surface area contributed by atoms with Gasteiger partial charge in [0, 0.05) is 24.3 Å². The van der Waals surface area contributed by atoms with Gasteiger partial charge in [0.25, 0.3) is 0 Å². The van der Waals surface area contributed by atoms with Crippen LogP contribution in [0.25, 0.3) is 11.4 Å². The molecule has 1 aliphatic rings. The fraction of sp³-hybridized carbons (Fsp3) is 0.300. The standard InChI is InChI=1S/C20H22N4O/c1-3-9-17(10-4-1)19-21-20(25-22-19)24(18-11-5-2-6-12-18)16-15-23-13-7-8-14-23/h1-6,9-12H,7-8,13-16H2. The molecule has 0 bridgehead atoms. The minimum Gasteiger partial charge on any atom is -0.314 e. The Labute approximate surface area is 147 Å². The highest BCUT2D eigenvalue weighted by Crippen LogP contribution is 2.26. The van der Waals surface area contributed by atoms with Crippen LogP contribution >= 0.6 is 0 Å². The second-order valence-electron chi connectivity index (χ2n) is 6.30. The maximum absolute atomic E-state index is 5.60. The molecule has 0 radical (unpaired) electrons. The van der Waals surface area contributed by atoms with E-state index in [1.165, 1.54) is 25.9 Å². The normalized spacial score (nSPS) is 14.7. The van der Waals surface area contributed by atoms with Crippen molar-refractivity contribution in [2.75, 3.05) is 31.1 Å². The molecule has 3 aromatic rings. The zero-order valence-corrected chi connectivity index (χ0v) is 14.2. The molecular weight excluding hydrogens is 312 g/mol. The zero-order valence-electron chi connectivity index (χ0n) is 14.2. The molecule has 0 unspecified atom stereocenters. The lowest BCUT2D eigenvalue weighted by Gasteiger charge is -2.23. The molecule has 1 fully saturated rings. The van der Waals surface area contributed by atoms with Gasteiger partial charge in [0.1, 0.15) is 0 Å². The number of nitrogens with zero attached hydrogens (tertiary/aromatic N) is 4. The molecule has 0 atom stereocenters. The molecule has 128 valence electrons. The quantitative estimate of drug-likeness (QED) is 0.682. The number of anilines is 2. The topological polar surface area (TPSA) is 45.4 Å². The van der Waals surface area contributed by atoms with Gasteiger partial charge in [-0.1, -0.05) is 53.7 Å². The summed E-state index contributed by atoms with van der Waals surface area (Å²) in [5.41, 5.74) is 2.04. The summed E-state index contributed by atoms with van der Waals surface area (Å²) in [4.78, 5) is 9.23. The number of likely N-dealkylation sites (tertiary alicyclic amines) is 1. The van der Waals surface area contributed by atoms with Crippen LogP contribution in [0.4, 0.5) is 11.7 Å². The second-order valence-corrected chi connectivity index (χ2v) is 6.30. The first-order valence-electron chi connectivity index (χ1n) is 8.84. The molecule has 2 heterocycles. The van der Waals surface area contributed by atoms with Gasteiger partial charge in [0.05, 0.1) is 0 Å². The van der Waals surface area contributed by atoms with E-state index in [0.717, 1.165) is 24.3 Å². The Bertz CT molecular complexity index is 782. The van der Waals surface area contributed by atoms with Crippen molar-refractivity contribution in [2.45, 2.75) is 12.8 Å². The molecule has 0 saturated carbocycles. The maximum Gasteiger partial charge on any atom is 0.328 e. The van der Waals surface area contributed by atoms with E-state index >= 15 is 0 Å². The van der Waals surface area contributed by atoms with E-state index in [0.29, 0.717) is 11.8 Å². The van der Waals surface area contributed by atoms with Gasteiger partial charge in [-0.3, -0.25) is 4.90 Å². The molecule has 5 nitrogen and oxygen atoms in total. The molecule has 4 rings (SSSR count). The number of benzene rings is 2. The Morgan fingerprint density at radius 2 is 1.60 bits per heavy atom. The summed E-state index contributed by atoms with van der Waals surface area (Å²) in [6.07, 6.45) is 2.59. The highest BCUT2D eigenvalue weighted by molar-refractivity contribution is 5.60. The van der Waals surface area contributed by atoms with E-state index in [1.54, 1.807) is 0 Å². The summed E-state index contributed by atoms with van der Waals surface area (Å²) >= 11 is 0. The molecule has 0 N–H and O–H groups in total. The summed E-state index contributed by atoms with van der Waals surface area (Å²) in [6.45, 7) is 4.20. The zero-order chi connectivity index (χ0) is 16.9. The predicted molar refractivity (Wildman–Crippen MR) is 98.9 cm³/mol. The summed E-state index contributed by atoms with van der Waals surface area (Å²) in [5, 5.41) is 4.17. The minimum atomic E-state index is 0.546. The highest BCUT2D eigenvalue weighted by Gasteiger charge is 2.19. The number of hydrogen-bond acceptors (Lipinski definition) is 5. The van der Waals surface area contributed by atoms with E-state index in [2.05, 4.69) is 32.1 Å². The van der Waals surface area contributed by atoms with Crippen LogP contribution in [0.1, 0.15) is 12.8 Å². The average Bonchev–Trinajstić information content (AvgIpc) is 3.36. The van der Waals surface area contributed by atoms with Crippen molar-refractivity contribution in [3.05, 3.63) is 60.7 Å². The molecule has 25 heavy (non-hydrogen) atoms. The monoisotopic (exact) mass is 334 g/mol. The second kappa shape index (κ2) is 7.49. The molecule has 1 aliphatic heterocycles. The van der Waals surface area contributed by atoms with E-state index in [-0.39, 0.29) is 0 Å². The summed E-state index contributed by atoms with van der Waals surface area (Å²) in [5.74, 6) is 0.623. The third kappa shape index (κ3) is 3.72. The van der Waals surface area contributed by atoms with Crippen molar-refractivity contribution in [3.8, 4) is 11.4 Å². The van der Waals surface area contributed by atoms with Crippen molar-refractivity contribution in [1.29, 1.82) is 0 Å². The average molecular weight is 334 g/mol. The van der Waals surface area contributed by atoms with E-state index in [1.807, 2.05) is 48.5 Å². The van der Waals surface area contributed by atoms with Crippen molar-refractivity contribution >= 4 is 11.7 Å². The highest BCUT2D eigenvalue weighted by atomic mass is 16.5. The number of hydrogen-bond donors (Lipinski definition) is 0. The van der Waals surface area contributed by atoms with Crippen molar-refractivity contribution in [3.63, 3.8) is 0 Å². The Hall–Kier alpha value is -2.66. The molecule has 0 aliphatic carbocycles. The molecule has 1 aromatic heterocycles. The van der Waals surface area contributed by atoms with Crippen LogP contribution in [0, 0.1) is 0 Å². The smallest absolute Gasteiger partial charge is 0.314 e. The molecule has 5 heteroatoms. The van der Waals surface area contributed by atoms with Gasteiger partial charge in [-0.15, -0.1) is 0 Å². The Balaban J connectivity index is 1.58. The number of aromatic nitrogens is 2. The first-order chi connectivity index (χ1) is 12.4. The van der Waals surface area contributed by atoms with Crippen molar-refractivity contribution in [2.24, 2.45) is 0 Å². The van der Waals surface area contributed by atoms with E-state index in [9.17, 15) is 0 Å². The van der Waals surface area contributed by atoms with Gasteiger partial charge >= 0.3 is 6.01 Å². The molecule has 0 amide bonds. The minimum absolute atomic E-state index is 0.546. The van der Waals surface area contributed by atoms with Gasteiger partial charge in [0.15, 0.2) is 0 Å². The third-order valence-corrected chi connectivity index (χ3v) is 4.58. The first-order valence-corrected chi connectivity index (χ1v) is 8.84. The Morgan fingerprint density at radius 1 is 0.920 bits per heavy atom. The van der Waals surface area contributed by atoms with Gasteiger partial charge in [-0.05, 0) is 38.1 Å². The van der Waals surface area contributed by atoms with Gasteiger partial charge in [-0.25, -0.2) is 0 Å². The number of para-hydroxylation sites is 1. The SMILES string of the molecule is c1ccc(-c2noc(N(CCN3CCCC3)c3ccccc3)n2)cc1. The summed E-state index contributed by atoms with van der Waals surface area (Å²) < 4.78 is 5.60. The Morgan fingerprint density at radius 3 is 2.32 bits per heavy atom. The first kappa shape index (κ1) is 15.8. The fourth-order valence-corrected chi connectivity index (χ4v) is 3.22. The lowest BCUT2D eigenvalue weighted by molar-refractivity contribution is 0.342. The van der Waals surface area contributed by atoms with Crippen LogP contribution in [0.15, 0.2) is 65.2 Å². The molecule has 0 spiro atoms. The number of rotatable bonds is 6. The lowest BCUT2D eigenvalue weighted by Crippen LogP contribution is -2.31. The third-order valence-electron chi connectivity index (χ3n) is 4.58. The van der Waals surface area contributed by atoms with E-state index in [4.69, 9.17) is 4.52 Å². The maximum atomic E-state index is 5.60. The van der Waals surface area contributed by atoms with Crippen LogP contribution in [0.5, 0.6) is 0 Å². The largest absolute Gasteiger partial charge is 0.328 e. The summed E-state index contributed by atoms with van der Waals surface area (Å²) in [6, 6.07) is 20.7. The van der Waals surface area contributed by atoms with Crippen molar-refractivity contribution in [1.82, 2.24) is 15.0 Å². The molecular formula is C20H22N4O. The van der Waals surface area contributed by atoms with Crippen LogP contribution in [-0.2, 0) is 0 Å². The fourth-order valence-electron chi connectivity index (χ4n) is 3.22. The van der Waals surface area contributed by atoms with Crippen LogP contribution in [0.3, 0.4) is 0 Å². The Kier molecular flexibility index (Phi) is 4.74. The predicted octanol–water partition coefficient (Wildman–Crippen LogP) is 3.97. The summed E-state index contributed by atoms with van der Waals surface area (Å²) in [7, 11) is 0. The van der Waals surface area contributed by atoms with E-state index < -0.39 is 0 Å².